The molecule has 0 unspecified atom stereocenters. The van der Waals surface area contributed by atoms with E-state index in [2.05, 4.69) is 30.0 Å². The van der Waals surface area contributed by atoms with Gasteiger partial charge in [-0.25, -0.2) is 0 Å². The Morgan fingerprint density at radius 3 is 2.46 bits per heavy atom. The molecule has 5 nitrogen and oxygen atoms in total. The molecule has 0 bridgehead atoms. The second-order valence-corrected chi connectivity index (χ2v) is 7.32. The molecule has 1 aromatic rings. The molecule has 2 rings (SSSR count). The number of ether oxygens (including phenoxy) is 1. The average Bonchev–Trinajstić information content (AvgIpc) is 2.56. The number of aliphatic hydroxyl groups excluding tert-OH is 1. The molecule has 0 radical (unpaired) electrons. The van der Waals surface area contributed by atoms with Gasteiger partial charge in [-0.1, -0.05) is 12.1 Å². The number of hydrogen-bond acceptors (Lipinski definition) is 5. The lowest BCUT2D eigenvalue weighted by Crippen LogP contribution is -2.37. The molecule has 1 fully saturated rings. The summed E-state index contributed by atoms with van der Waals surface area (Å²) >= 11 is 0. The van der Waals surface area contributed by atoms with Gasteiger partial charge in [0, 0.05) is 13.1 Å². The Balaban J connectivity index is 1.77. The van der Waals surface area contributed by atoms with Crippen LogP contribution in [-0.4, -0.2) is 61.3 Å². The zero-order valence-electron chi connectivity index (χ0n) is 15.0. The van der Waals surface area contributed by atoms with Crippen molar-refractivity contribution in [2.24, 2.45) is 5.41 Å². The van der Waals surface area contributed by atoms with E-state index in [1.165, 1.54) is 5.56 Å². The van der Waals surface area contributed by atoms with E-state index in [-0.39, 0.29) is 5.41 Å². The standard InChI is InChI=1S/C19H29N3O2/c1-19(15-20)8-10-22(11-9-19)12-16-4-6-18(7-5-16)24-14-17(23)13-21(2)3/h4-7,17,23H,8-14H2,1-3H3/t17-/m0/s1. The van der Waals surface area contributed by atoms with Crippen molar-refractivity contribution in [1.82, 2.24) is 9.80 Å². The molecule has 1 aliphatic heterocycles. The maximum absolute atomic E-state index is 9.82. The lowest BCUT2D eigenvalue weighted by atomic mass is 9.82. The van der Waals surface area contributed by atoms with Crippen molar-refractivity contribution < 1.29 is 9.84 Å². The molecule has 132 valence electrons. The highest BCUT2D eigenvalue weighted by Crippen LogP contribution is 2.30. The van der Waals surface area contributed by atoms with Gasteiger partial charge in [0.2, 0.25) is 0 Å². The van der Waals surface area contributed by atoms with Crippen molar-refractivity contribution in [2.45, 2.75) is 32.4 Å². The van der Waals surface area contributed by atoms with Gasteiger partial charge in [0.1, 0.15) is 18.5 Å². The van der Waals surface area contributed by atoms with Gasteiger partial charge in [0.05, 0.1) is 11.5 Å². The molecule has 1 aromatic carbocycles. The van der Waals surface area contributed by atoms with Gasteiger partial charge >= 0.3 is 0 Å². The van der Waals surface area contributed by atoms with Crippen LogP contribution in [0.5, 0.6) is 5.75 Å². The molecule has 0 saturated carbocycles. The van der Waals surface area contributed by atoms with Crippen molar-refractivity contribution in [3.05, 3.63) is 29.8 Å². The summed E-state index contributed by atoms with van der Waals surface area (Å²) in [5.41, 5.74) is 1.10. The Hall–Kier alpha value is -1.61. The van der Waals surface area contributed by atoms with E-state index in [0.717, 1.165) is 38.2 Å². The zero-order chi connectivity index (χ0) is 17.6. The third kappa shape index (κ3) is 5.79. The Kier molecular flexibility index (Phi) is 6.61. The summed E-state index contributed by atoms with van der Waals surface area (Å²) in [5, 5.41) is 19.0. The first-order valence-electron chi connectivity index (χ1n) is 8.58. The summed E-state index contributed by atoms with van der Waals surface area (Å²) < 4.78 is 5.63. The number of hydrogen-bond donors (Lipinski definition) is 1. The maximum Gasteiger partial charge on any atom is 0.119 e. The maximum atomic E-state index is 9.82. The lowest BCUT2D eigenvalue weighted by Gasteiger charge is -2.34. The third-order valence-electron chi connectivity index (χ3n) is 4.58. The van der Waals surface area contributed by atoms with Crippen LogP contribution in [0.3, 0.4) is 0 Å². The number of benzene rings is 1. The van der Waals surface area contributed by atoms with E-state index in [4.69, 9.17) is 4.74 Å². The Morgan fingerprint density at radius 1 is 1.29 bits per heavy atom. The molecule has 1 heterocycles. The average molecular weight is 331 g/mol. The monoisotopic (exact) mass is 331 g/mol. The summed E-state index contributed by atoms with van der Waals surface area (Å²) in [6.07, 6.45) is 1.39. The SMILES string of the molecule is CN(C)C[C@H](O)COc1ccc(CN2CCC(C)(C#N)CC2)cc1. The fourth-order valence-corrected chi connectivity index (χ4v) is 2.93. The van der Waals surface area contributed by atoms with Crippen LogP contribution in [0.2, 0.25) is 0 Å². The van der Waals surface area contributed by atoms with E-state index in [0.29, 0.717) is 13.2 Å². The van der Waals surface area contributed by atoms with Crippen LogP contribution < -0.4 is 4.74 Å². The summed E-state index contributed by atoms with van der Waals surface area (Å²) in [6, 6.07) is 10.5. The van der Waals surface area contributed by atoms with Crippen LogP contribution in [0.4, 0.5) is 0 Å². The largest absolute Gasteiger partial charge is 0.491 e. The predicted molar refractivity (Wildman–Crippen MR) is 94.7 cm³/mol. The van der Waals surface area contributed by atoms with Crippen molar-refractivity contribution in [3.63, 3.8) is 0 Å². The summed E-state index contributed by atoms with van der Waals surface area (Å²) in [5.74, 6) is 0.784. The summed E-state index contributed by atoms with van der Waals surface area (Å²) in [7, 11) is 3.86. The highest BCUT2D eigenvalue weighted by atomic mass is 16.5. The fraction of sp³-hybridized carbons (Fsp3) is 0.632. The van der Waals surface area contributed by atoms with Crippen LogP contribution in [-0.2, 0) is 6.54 Å². The highest BCUT2D eigenvalue weighted by molar-refractivity contribution is 5.27. The third-order valence-corrected chi connectivity index (χ3v) is 4.58. The Morgan fingerprint density at radius 2 is 1.92 bits per heavy atom. The van der Waals surface area contributed by atoms with Gasteiger partial charge in [-0.05, 0) is 64.6 Å². The molecule has 1 atom stereocenters. The molecule has 0 aromatic heterocycles. The van der Waals surface area contributed by atoms with E-state index in [9.17, 15) is 10.4 Å². The number of nitrogens with zero attached hydrogens (tertiary/aromatic N) is 3. The van der Waals surface area contributed by atoms with Crippen molar-refractivity contribution in [1.29, 1.82) is 5.26 Å². The molecule has 1 saturated heterocycles. The quantitative estimate of drug-likeness (QED) is 0.829. The van der Waals surface area contributed by atoms with Gasteiger partial charge in [-0.2, -0.15) is 5.26 Å². The van der Waals surface area contributed by atoms with Crippen molar-refractivity contribution in [3.8, 4) is 11.8 Å². The first-order chi connectivity index (χ1) is 11.4. The minimum Gasteiger partial charge on any atom is -0.491 e. The molecule has 0 spiro atoms. The minimum absolute atomic E-state index is 0.151. The smallest absolute Gasteiger partial charge is 0.119 e. The first kappa shape index (κ1) is 18.7. The van der Waals surface area contributed by atoms with Crippen LogP contribution >= 0.6 is 0 Å². The fourth-order valence-electron chi connectivity index (χ4n) is 2.93. The lowest BCUT2D eigenvalue weighted by molar-refractivity contribution is 0.0831. The van der Waals surface area contributed by atoms with E-state index < -0.39 is 6.10 Å². The number of aliphatic hydroxyl groups is 1. The second kappa shape index (κ2) is 8.48. The molecule has 5 heteroatoms. The van der Waals surface area contributed by atoms with E-state index in [1.807, 2.05) is 31.1 Å². The number of likely N-dealkylation sites (tertiary alicyclic amines) is 1. The number of nitriles is 1. The van der Waals surface area contributed by atoms with Gasteiger partial charge < -0.3 is 14.7 Å². The molecule has 24 heavy (non-hydrogen) atoms. The van der Waals surface area contributed by atoms with Gasteiger partial charge in [0.15, 0.2) is 0 Å². The molecule has 0 aliphatic carbocycles. The topological polar surface area (TPSA) is 59.7 Å². The molecular weight excluding hydrogens is 302 g/mol. The second-order valence-electron chi connectivity index (χ2n) is 7.32. The summed E-state index contributed by atoms with van der Waals surface area (Å²) in [4.78, 5) is 4.34. The number of piperidine rings is 1. The first-order valence-corrected chi connectivity index (χ1v) is 8.58. The molecule has 0 amide bonds. The number of likely N-dealkylation sites (N-methyl/N-ethyl adjacent to an activating group) is 1. The molecule has 1 N–H and O–H groups in total. The van der Waals surface area contributed by atoms with Gasteiger partial charge in [-0.3, -0.25) is 4.90 Å². The van der Waals surface area contributed by atoms with E-state index >= 15 is 0 Å². The van der Waals surface area contributed by atoms with Crippen molar-refractivity contribution in [2.75, 3.05) is 40.3 Å². The molecular formula is C19H29N3O2. The minimum atomic E-state index is -0.484. The van der Waals surface area contributed by atoms with Crippen LogP contribution in [0, 0.1) is 16.7 Å². The van der Waals surface area contributed by atoms with Crippen LogP contribution in [0.25, 0.3) is 0 Å². The Bertz CT molecular complexity index is 543. The van der Waals surface area contributed by atoms with Gasteiger partial charge in [-0.15, -0.1) is 0 Å². The van der Waals surface area contributed by atoms with E-state index in [1.54, 1.807) is 0 Å². The normalized spacial score (nSPS) is 19.0. The van der Waals surface area contributed by atoms with Crippen LogP contribution in [0.15, 0.2) is 24.3 Å². The zero-order valence-corrected chi connectivity index (χ0v) is 15.0. The Labute approximate surface area is 145 Å². The summed E-state index contributed by atoms with van der Waals surface area (Å²) in [6.45, 7) is 5.80. The number of rotatable bonds is 7. The highest BCUT2D eigenvalue weighted by Gasteiger charge is 2.29. The van der Waals surface area contributed by atoms with Crippen LogP contribution in [0.1, 0.15) is 25.3 Å². The van der Waals surface area contributed by atoms with Gasteiger partial charge in [0.25, 0.3) is 0 Å². The van der Waals surface area contributed by atoms with Crippen molar-refractivity contribution >= 4 is 0 Å². The molecule has 1 aliphatic rings. The predicted octanol–water partition coefficient (Wildman–Crippen LogP) is 2.11.